The van der Waals surface area contributed by atoms with Crippen LogP contribution in [0.25, 0.3) is 0 Å². The van der Waals surface area contributed by atoms with Crippen LogP contribution < -0.4 is 0 Å². The Hall–Kier alpha value is -0.610. The van der Waals surface area contributed by atoms with Crippen LogP contribution in [0, 0.1) is 5.41 Å². The lowest BCUT2D eigenvalue weighted by atomic mass is 10.3. The Morgan fingerprint density at radius 3 is 2.83 bits per heavy atom. The number of hydrogen-bond acceptors (Lipinski definition) is 1. The third kappa shape index (κ3) is 2.46. The second-order valence-electron chi connectivity index (χ2n) is 2.22. The lowest BCUT2D eigenvalue weighted by Gasteiger charge is -1.93. The van der Waals surface area contributed by atoms with Crippen molar-refractivity contribution in [3.05, 3.63) is 22.4 Å². The minimum absolute atomic E-state index is 0.210. The average molecular weight is 249 g/mol. The number of hydrogen-bond donors (Lipinski definition) is 2. The first kappa shape index (κ1) is 9.48. The summed E-state index contributed by atoms with van der Waals surface area (Å²) in [5, 5.41) is 6.72. The van der Waals surface area contributed by atoms with Crippen molar-refractivity contribution < 1.29 is 0 Å². The van der Waals surface area contributed by atoms with E-state index in [2.05, 4.69) is 25.9 Å². The Labute approximate surface area is 83.5 Å². The molecule has 0 aliphatic rings. The molecule has 0 saturated heterocycles. The fourth-order valence-corrected chi connectivity index (χ4v) is 1.25. The normalized spacial score (nSPS) is 11.8. The fourth-order valence-electron chi connectivity index (χ4n) is 0.784. The minimum atomic E-state index is -0.210. The summed E-state index contributed by atoms with van der Waals surface area (Å²) in [7, 11) is 0. The molecule has 0 spiro atoms. The number of aliphatic imine (C=N–C) groups is 1. The maximum Gasteiger partial charge on any atom is 0.215 e. The van der Waals surface area contributed by atoms with Gasteiger partial charge in [0.1, 0.15) is 0 Å². The van der Waals surface area contributed by atoms with Crippen molar-refractivity contribution in [2.75, 3.05) is 0 Å². The molecule has 0 aliphatic carbocycles. The molecule has 0 aliphatic heterocycles. The molecule has 1 rings (SSSR count). The number of halogens is 2. The molecule has 0 unspecified atom stereocenters. The number of nitrogens with zero attached hydrogens (tertiary/aromatic N) is 1. The molecule has 0 amide bonds. The molecule has 3 nitrogen and oxygen atoms in total. The van der Waals surface area contributed by atoms with Gasteiger partial charge in [0.2, 0.25) is 5.29 Å². The molecule has 1 aromatic heterocycles. The summed E-state index contributed by atoms with van der Waals surface area (Å²) in [6, 6.07) is 1.87. The van der Waals surface area contributed by atoms with Crippen LogP contribution in [-0.2, 0) is 0 Å². The highest BCUT2D eigenvalue weighted by molar-refractivity contribution is 9.10. The van der Waals surface area contributed by atoms with Gasteiger partial charge in [0.25, 0.3) is 0 Å². The van der Waals surface area contributed by atoms with Crippen LogP contribution in [-0.4, -0.2) is 16.0 Å². The van der Waals surface area contributed by atoms with Gasteiger partial charge in [-0.15, -0.1) is 0 Å². The van der Waals surface area contributed by atoms with Gasteiger partial charge >= 0.3 is 0 Å². The molecular formula is C7H7BrClN3. The van der Waals surface area contributed by atoms with Crippen LogP contribution in [0.15, 0.2) is 21.7 Å². The molecule has 0 bridgehead atoms. The molecule has 0 atom stereocenters. The van der Waals surface area contributed by atoms with E-state index in [1.54, 1.807) is 13.1 Å². The van der Waals surface area contributed by atoms with Crippen LogP contribution in [0.1, 0.15) is 12.6 Å². The Kier molecular flexibility index (Phi) is 3.05. The molecule has 1 aromatic rings. The molecule has 0 fully saturated rings. The van der Waals surface area contributed by atoms with Crippen LogP contribution in [0.3, 0.4) is 0 Å². The summed E-state index contributed by atoms with van der Waals surface area (Å²) in [6.07, 6.45) is 1.80. The number of H-pyrrole nitrogens is 1. The lowest BCUT2D eigenvalue weighted by molar-refractivity contribution is 1.35. The van der Waals surface area contributed by atoms with Gasteiger partial charge in [0, 0.05) is 10.7 Å². The number of rotatable bonds is 1. The van der Waals surface area contributed by atoms with Gasteiger partial charge in [-0.2, -0.15) is 0 Å². The molecule has 12 heavy (non-hydrogen) atoms. The number of amidine groups is 1. The van der Waals surface area contributed by atoms with Crippen molar-refractivity contribution in [2.45, 2.75) is 6.92 Å². The van der Waals surface area contributed by atoms with E-state index < -0.39 is 0 Å². The summed E-state index contributed by atoms with van der Waals surface area (Å²) in [4.78, 5) is 6.75. The summed E-state index contributed by atoms with van der Waals surface area (Å²) in [5.74, 6) is 0. The van der Waals surface area contributed by atoms with Crippen LogP contribution >= 0.6 is 27.5 Å². The van der Waals surface area contributed by atoms with Gasteiger partial charge < -0.3 is 4.98 Å². The van der Waals surface area contributed by atoms with Gasteiger partial charge in [-0.3, -0.25) is 5.41 Å². The Morgan fingerprint density at radius 1 is 1.75 bits per heavy atom. The number of aromatic nitrogens is 1. The Balaban J connectivity index is 2.91. The lowest BCUT2D eigenvalue weighted by Crippen LogP contribution is -1.96. The van der Waals surface area contributed by atoms with Gasteiger partial charge in [-0.05, 0) is 40.5 Å². The van der Waals surface area contributed by atoms with E-state index in [1.807, 2.05) is 6.07 Å². The molecule has 5 heteroatoms. The van der Waals surface area contributed by atoms with Gasteiger partial charge in [0.15, 0.2) is 0 Å². The molecule has 2 N–H and O–H groups in total. The van der Waals surface area contributed by atoms with E-state index in [0.29, 0.717) is 5.71 Å². The van der Waals surface area contributed by atoms with E-state index >= 15 is 0 Å². The third-order valence-electron chi connectivity index (χ3n) is 1.30. The van der Waals surface area contributed by atoms with Gasteiger partial charge in [-0.25, -0.2) is 4.99 Å². The summed E-state index contributed by atoms with van der Waals surface area (Å²) >= 11 is 8.59. The number of aromatic amines is 1. The second kappa shape index (κ2) is 3.87. The first-order valence-corrected chi connectivity index (χ1v) is 4.40. The highest BCUT2D eigenvalue weighted by Gasteiger charge is 2.00. The van der Waals surface area contributed by atoms with Gasteiger partial charge in [-0.1, -0.05) is 0 Å². The monoisotopic (exact) mass is 247 g/mol. The molecule has 0 aromatic carbocycles. The van der Waals surface area contributed by atoms with Crippen LogP contribution in [0.2, 0.25) is 0 Å². The van der Waals surface area contributed by atoms with E-state index in [4.69, 9.17) is 17.0 Å². The largest absolute Gasteiger partial charge is 0.359 e. The Morgan fingerprint density at radius 2 is 2.42 bits per heavy atom. The zero-order valence-electron chi connectivity index (χ0n) is 6.36. The smallest absolute Gasteiger partial charge is 0.215 e. The third-order valence-corrected chi connectivity index (χ3v) is 1.85. The summed E-state index contributed by atoms with van der Waals surface area (Å²) < 4.78 is 0.952. The maximum atomic E-state index is 6.93. The SMILES string of the molecule is CC(=NC(=N)Cl)c1cc(Br)c[nH]1. The molecule has 1 heterocycles. The highest BCUT2D eigenvalue weighted by Crippen LogP contribution is 2.11. The quantitative estimate of drug-likeness (QED) is 0.436. The topological polar surface area (TPSA) is 52.0 Å². The van der Waals surface area contributed by atoms with E-state index in [9.17, 15) is 0 Å². The van der Waals surface area contributed by atoms with Crippen molar-refractivity contribution >= 4 is 38.5 Å². The van der Waals surface area contributed by atoms with E-state index in [1.165, 1.54) is 0 Å². The van der Waals surface area contributed by atoms with Crippen molar-refractivity contribution in [1.82, 2.24) is 4.98 Å². The minimum Gasteiger partial charge on any atom is -0.359 e. The van der Waals surface area contributed by atoms with Crippen molar-refractivity contribution in [3.8, 4) is 0 Å². The predicted molar refractivity (Wildman–Crippen MR) is 54.3 cm³/mol. The predicted octanol–water partition coefficient (Wildman–Crippen LogP) is 2.76. The molecule has 64 valence electrons. The molecule has 0 radical (unpaired) electrons. The van der Waals surface area contributed by atoms with Crippen molar-refractivity contribution in [3.63, 3.8) is 0 Å². The maximum absolute atomic E-state index is 6.93. The van der Waals surface area contributed by atoms with E-state index in [0.717, 1.165) is 10.2 Å². The van der Waals surface area contributed by atoms with Crippen molar-refractivity contribution in [1.29, 1.82) is 5.41 Å². The summed E-state index contributed by atoms with van der Waals surface area (Å²) in [5.41, 5.74) is 1.55. The summed E-state index contributed by atoms with van der Waals surface area (Å²) in [6.45, 7) is 1.79. The van der Waals surface area contributed by atoms with Crippen LogP contribution in [0.5, 0.6) is 0 Å². The average Bonchev–Trinajstić information content (AvgIpc) is 2.34. The first-order chi connectivity index (χ1) is 5.59. The zero-order chi connectivity index (χ0) is 9.14. The highest BCUT2D eigenvalue weighted by atomic mass is 79.9. The Bertz CT molecular complexity index is 329. The zero-order valence-corrected chi connectivity index (χ0v) is 8.70. The number of nitrogens with one attached hydrogen (secondary N) is 2. The first-order valence-electron chi connectivity index (χ1n) is 3.23. The van der Waals surface area contributed by atoms with Crippen LogP contribution in [0.4, 0.5) is 0 Å². The van der Waals surface area contributed by atoms with Crippen molar-refractivity contribution in [2.24, 2.45) is 4.99 Å². The fraction of sp³-hybridized carbons (Fsp3) is 0.143. The second-order valence-corrected chi connectivity index (χ2v) is 3.49. The standard InChI is InChI=1S/C7H7BrClN3/c1-4(12-7(9)10)6-2-5(8)3-11-6/h2-3,10-11H,1H3. The van der Waals surface area contributed by atoms with Gasteiger partial charge in [0.05, 0.1) is 11.4 Å². The molecule has 0 saturated carbocycles. The van der Waals surface area contributed by atoms with E-state index in [-0.39, 0.29) is 5.29 Å². The molecular weight excluding hydrogens is 241 g/mol.